The Morgan fingerprint density at radius 1 is 1.50 bits per heavy atom. The number of rotatable bonds is 1. The van der Waals surface area contributed by atoms with Gasteiger partial charge in [-0.05, 0) is 12.5 Å². The number of sulfonamides is 1. The average Bonchev–Trinajstić information content (AvgIpc) is 1.92. The van der Waals surface area contributed by atoms with Crippen LogP contribution in [0.1, 0.15) is 13.3 Å². The molecule has 2 N–H and O–H groups in total. The van der Waals surface area contributed by atoms with E-state index >= 15 is 0 Å². The lowest BCUT2D eigenvalue weighted by atomic mass is 10.1. The van der Waals surface area contributed by atoms with Gasteiger partial charge >= 0.3 is 0 Å². The first kappa shape index (κ1) is 9.54. The summed E-state index contributed by atoms with van der Waals surface area (Å²) >= 11 is 0. The maximum Gasteiger partial charge on any atom is 0.211 e. The molecule has 70 valence electrons. The highest BCUT2D eigenvalue weighted by Gasteiger charge is 2.21. The van der Waals surface area contributed by atoms with Crippen molar-refractivity contribution in [1.29, 1.82) is 0 Å². The number of nitrogens with two attached hydrogens (primary N) is 1. The fourth-order valence-corrected chi connectivity index (χ4v) is 2.04. The van der Waals surface area contributed by atoms with E-state index in [2.05, 4.69) is 0 Å². The van der Waals surface area contributed by atoms with Gasteiger partial charge in [0.15, 0.2) is 0 Å². The van der Waals surface area contributed by atoms with E-state index in [1.54, 1.807) is 0 Å². The Hall–Kier alpha value is -0.550. The van der Waals surface area contributed by atoms with Crippen molar-refractivity contribution < 1.29 is 8.42 Å². The Bertz CT molecular complexity index is 305. The van der Waals surface area contributed by atoms with Gasteiger partial charge in [-0.25, -0.2) is 8.42 Å². The molecule has 0 amide bonds. The van der Waals surface area contributed by atoms with E-state index in [4.69, 9.17) is 5.73 Å². The summed E-state index contributed by atoms with van der Waals surface area (Å²) < 4.78 is 23.6. The van der Waals surface area contributed by atoms with Crippen LogP contribution in [0.4, 0.5) is 0 Å². The van der Waals surface area contributed by atoms with Crippen molar-refractivity contribution in [3.63, 3.8) is 0 Å². The first-order valence-corrected chi connectivity index (χ1v) is 5.65. The number of hydrogen-bond acceptors (Lipinski definition) is 3. The van der Waals surface area contributed by atoms with E-state index in [1.165, 1.54) is 10.6 Å². The highest BCUT2D eigenvalue weighted by molar-refractivity contribution is 7.88. The van der Waals surface area contributed by atoms with Crippen LogP contribution < -0.4 is 5.73 Å². The van der Waals surface area contributed by atoms with E-state index in [1.807, 2.05) is 6.92 Å². The second-order valence-electron chi connectivity index (χ2n) is 3.15. The average molecular weight is 190 g/mol. The summed E-state index contributed by atoms with van der Waals surface area (Å²) in [5, 5.41) is 0. The molecule has 0 aromatic carbocycles. The molecule has 0 aliphatic carbocycles. The minimum atomic E-state index is -3.04. The SMILES string of the molecule is CC1=C(N)CCN(S(C)(=O)=O)C1. The molecule has 0 spiro atoms. The second kappa shape index (κ2) is 3.06. The van der Waals surface area contributed by atoms with E-state index in [0.29, 0.717) is 19.5 Å². The predicted octanol–water partition coefficient (Wildman–Crippen LogP) is -0.116. The molecular weight excluding hydrogens is 176 g/mol. The molecule has 5 heteroatoms. The van der Waals surface area contributed by atoms with Crippen LogP contribution >= 0.6 is 0 Å². The van der Waals surface area contributed by atoms with Gasteiger partial charge in [0.2, 0.25) is 10.0 Å². The molecule has 0 radical (unpaired) electrons. The zero-order chi connectivity index (χ0) is 9.35. The number of nitrogens with zero attached hydrogens (tertiary/aromatic N) is 1. The molecule has 4 nitrogen and oxygen atoms in total. The predicted molar refractivity (Wildman–Crippen MR) is 47.9 cm³/mol. The molecule has 0 atom stereocenters. The lowest BCUT2D eigenvalue weighted by Gasteiger charge is -2.25. The Morgan fingerprint density at radius 3 is 2.50 bits per heavy atom. The van der Waals surface area contributed by atoms with Gasteiger partial charge in [-0.1, -0.05) is 0 Å². The summed E-state index contributed by atoms with van der Waals surface area (Å²) in [5.74, 6) is 0. The van der Waals surface area contributed by atoms with Crippen molar-refractivity contribution in [2.75, 3.05) is 19.3 Å². The van der Waals surface area contributed by atoms with Crippen molar-refractivity contribution in [1.82, 2.24) is 4.31 Å². The molecule has 0 fully saturated rings. The van der Waals surface area contributed by atoms with Crippen molar-refractivity contribution >= 4 is 10.0 Å². The normalized spacial score (nSPS) is 21.5. The van der Waals surface area contributed by atoms with Gasteiger partial charge < -0.3 is 5.73 Å². The topological polar surface area (TPSA) is 63.4 Å². The largest absolute Gasteiger partial charge is 0.402 e. The van der Waals surface area contributed by atoms with Crippen molar-refractivity contribution in [2.45, 2.75) is 13.3 Å². The molecule has 0 unspecified atom stereocenters. The third-order valence-corrected chi connectivity index (χ3v) is 3.31. The van der Waals surface area contributed by atoms with Gasteiger partial charge in [0.05, 0.1) is 6.26 Å². The van der Waals surface area contributed by atoms with Gasteiger partial charge in [0.1, 0.15) is 0 Å². The Morgan fingerprint density at radius 2 is 2.08 bits per heavy atom. The Kier molecular flexibility index (Phi) is 2.44. The van der Waals surface area contributed by atoms with Crippen LogP contribution in [0.15, 0.2) is 11.3 Å². The van der Waals surface area contributed by atoms with Gasteiger partial charge in [0, 0.05) is 25.2 Å². The van der Waals surface area contributed by atoms with Crippen LogP contribution in [0.3, 0.4) is 0 Å². The summed E-state index contributed by atoms with van der Waals surface area (Å²) in [7, 11) is -3.04. The highest BCUT2D eigenvalue weighted by Crippen LogP contribution is 2.15. The zero-order valence-corrected chi connectivity index (χ0v) is 8.19. The summed E-state index contributed by atoms with van der Waals surface area (Å²) in [6, 6.07) is 0. The second-order valence-corrected chi connectivity index (χ2v) is 5.13. The van der Waals surface area contributed by atoms with Crippen LogP contribution in [-0.2, 0) is 10.0 Å². The van der Waals surface area contributed by atoms with E-state index in [-0.39, 0.29) is 0 Å². The molecule has 1 heterocycles. The summed E-state index contributed by atoms with van der Waals surface area (Å²) in [6.07, 6.45) is 1.88. The van der Waals surface area contributed by atoms with Gasteiger partial charge in [-0.3, -0.25) is 0 Å². The lowest BCUT2D eigenvalue weighted by Crippen LogP contribution is -2.37. The highest BCUT2D eigenvalue weighted by atomic mass is 32.2. The fraction of sp³-hybridized carbons (Fsp3) is 0.714. The molecular formula is C7H14N2O2S. The quantitative estimate of drug-likeness (QED) is 0.627. The number of hydrogen-bond donors (Lipinski definition) is 1. The first-order valence-electron chi connectivity index (χ1n) is 3.80. The van der Waals surface area contributed by atoms with Gasteiger partial charge in [-0.2, -0.15) is 4.31 Å². The summed E-state index contributed by atoms with van der Waals surface area (Å²) in [5.41, 5.74) is 7.44. The molecule has 0 aromatic rings. The Labute approximate surface area is 73.1 Å². The maximum atomic E-state index is 11.1. The summed E-state index contributed by atoms with van der Waals surface area (Å²) in [6.45, 7) is 2.83. The monoisotopic (exact) mass is 190 g/mol. The van der Waals surface area contributed by atoms with Crippen LogP contribution in [0.5, 0.6) is 0 Å². The summed E-state index contributed by atoms with van der Waals surface area (Å²) in [4.78, 5) is 0. The molecule has 0 saturated carbocycles. The van der Waals surface area contributed by atoms with Crippen LogP contribution in [0.2, 0.25) is 0 Å². The van der Waals surface area contributed by atoms with E-state index < -0.39 is 10.0 Å². The van der Waals surface area contributed by atoms with E-state index in [0.717, 1.165) is 11.3 Å². The first-order chi connectivity index (χ1) is 5.41. The standard InChI is InChI=1S/C7H14N2O2S/c1-6-5-9(12(2,10)11)4-3-7(6)8/h3-5,8H2,1-2H3. The molecule has 0 saturated heterocycles. The molecule has 1 aliphatic heterocycles. The molecule has 12 heavy (non-hydrogen) atoms. The van der Waals surface area contributed by atoms with Crippen molar-refractivity contribution in [3.8, 4) is 0 Å². The Balaban J connectivity index is 2.81. The third-order valence-electron chi connectivity index (χ3n) is 2.06. The van der Waals surface area contributed by atoms with Crippen LogP contribution in [-0.4, -0.2) is 32.1 Å². The smallest absolute Gasteiger partial charge is 0.211 e. The van der Waals surface area contributed by atoms with E-state index in [9.17, 15) is 8.42 Å². The molecule has 1 aliphatic rings. The van der Waals surface area contributed by atoms with Gasteiger partial charge in [-0.15, -0.1) is 0 Å². The molecule has 0 bridgehead atoms. The maximum absolute atomic E-state index is 11.1. The molecule has 1 rings (SSSR count). The van der Waals surface area contributed by atoms with Crippen molar-refractivity contribution in [2.24, 2.45) is 5.73 Å². The van der Waals surface area contributed by atoms with Crippen LogP contribution in [0, 0.1) is 0 Å². The minimum Gasteiger partial charge on any atom is -0.402 e. The molecule has 0 aromatic heterocycles. The van der Waals surface area contributed by atoms with Gasteiger partial charge in [0.25, 0.3) is 0 Å². The fourth-order valence-electron chi connectivity index (χ4n) is 1.19. The van der Waals surface area contributed by atoms with Crippen molar-refractivity contribution in [3.05, 3.63) is 11.3 Å². The zero-order valence-electron chi connectivity index (χ0n) is 7.37. The van der Waals surface area contributed by atoms with Crippen LogP contribution in [0.25, 0.3) is 0 Å². The minimum absolute atomic E-state index is 0.449. The third kappa shape index (κ3) is 1.98. The lowest BCUT2D eigenvalue weighted by molar-refractivity contribution is 0.423.